The molecule has 0 radical (unpaired) electrons. The topological polar surface area (TPSA) is 50.4 Å². The van der Waals surface area contributed by atoms with Gasteiger partial charge in [0.2, 0.25) is 5.91 Å². The molecule has 0 saturated carbocycles. The highest BCUT2D eigenvalue weighted by Crippen LogP contribution is 2.23. The lowest BCUT2D eigenvalue weighted by molar-refractivity contribution is -0.121. The van der Waals surface area contributed by atoms with Crippen LogP contribution in [0, 0.1) is 17.7 Å². The van der Waals surface area contributed by atoms with Crippen LogP contribution in [-0.4, -0.2) is 25.6 Å². The number of anilines is 1. The zero-order valence-electron chi connectivity index (χ0n) is 11.2. The highest BCUT2D eigenvalue weighted by molar-refractivity contribution is 5.92. The second-order valence-corrected chi connectivity index (χ2v) is 4.77. The van der Waals surface area contributed by atoms with Gasteiger partial charge in [-0.2, -0.15) is 0 Å². The summed E-state index contributed by atoms with van der Waals surface area (Å²) >= 11 is 0. The Balaban J connectivity index is 1.98. The van der Waals surface area contributed by atoms with E-state index < -0.39 is 5.82 Å². The minimum atomic E-state index is -0.461. The molecule has 0 spiro atoms. The Kier molecular flexibility index (Phi) is 4.37. The van der Waals surface area contributed by atoms with E-state index in [1.165, 1.54) is 12.1 Å². The summed E-state index contributed by atoms with van der Waals surface area (Å²) in [4.78, 5) is 12.0. The predicted octanol–water partition coefficient (Wildman–Crippen LogP) is 2.02. The van der Waals surface area contributed by atoms with E-state index in [0.717, 1.165) is 13.1 Å². The lowest BCUT2D eigenvalue weighted by atomic mass is 9.88. The first-order chi connectivity index (χ1) is 9.11. The normalized spacial score (nSPS) is 16.6. The van der Waals surface area contributed by atoms with Gasteiger partial charge in [-0.3, -0.25) is 4.79 Å². The van der Waals surface area contributed by atoms with Crippen LogP contribution in [0.5, 0.6) is 5.75 Å². The van der Waals surface area contributed by atoms with Crippen LogP contribution in [0.2, 0.25) is 0 Å². The molecule has 0 aromatic heterocycles. The first-order valence-electron chi connectivity index (χ1n) is 6.55. The van der Waals surface area contributed by atoms with E-state index in [9.17, 15) is 9.18 Å². The van der Waals surface area contributed by atoms with Crippen LogP contribution >= 0.6 is 0 Å². The molecule has 1 saturated heterocycles. The molecular formula is C14H19FN2O2. The molecule has 4 nitrogen and oxygen atoms in total. The molecule has 1 amide bonds. The van der Waals surface area contributed by atoms with Gasteiger partial charge in [-0.25, -0.2) is 4.39 Å². The van der Waals surface area contributed by atoms with E-state index in [4.69, 9.17) is 4.74 Å². The molecule has 2 N–H and O–H groups in total. The lowest BCUT2D eigenvalue weighted by Crippen LogP contribution is -2.48. The number of ether oxygens (including phenoxy) is 1. The van der Waals surface area contributed by atoms with Crippen molar-refractivity contribution in [3.63, 3.8) is 0 Å². The third-order valence-electron chi connectivity index (χ3n) is 3.43. The van der Waals surface area contributed by atoms with Crippen molar-refractivity contribution >= 4 is 11.6 Å². The van der Waals surface area contributed by atoms with Gasteiger partial charge in [0.05, 0.1) is 6.61 Å². The second kappa shape index (κ2) is 6.02. The van der Waals surface area contributed by atoms with Crippen molar-refractivity contribution in [2.75, 3.05) is 25.0 Å². The van der Waals surface area contributed by atoms with Crippen LogP contribution in [-0.2, 0) is 4.79 Å². The molecule has 104 valence electrons. The van der Waals surface area contributed by atoms with Crippen LogP contribution in [0.1, 0.15) is 13.8 Å². The Morgan fingerprint density at radius 1 is 1.58 bits per heavy atom. The van der Waals surface area contributed by atoms with Gasteiger partial charge in [0, 0.05) is 17.7 Å². The zero-order chi connectivity index (χ0) is 13.8. The molecule has 1 aromatic carbocycles. The van der Waals surface area contributed by atoms with Gasteiger partial charge >= 0.3 is 0 Å². The summed E-state index contributed by atoms with van der Waals surface area (Å²) in [7, 11) is 0. The van der Waals surface area contributed by atoms with Gasteiger partial charge in [-0.05, 0) is 38.1 Å². The fraction of sp³-hybridized carbons (Fsp3) is 0.500. The lowest BCUT2D eigenvalue weighted by Gasteiger charge is -2.31. The van der Waals surface area contributed by atoms with Crippen LogP contribution in [0.25, 0.3) is 0 Å². The van der Waals surface area contributed by atoms with E-state index in [0.29, 0.717) is 18.2 Å². The van der Waals surface area contributed by atoms with Gasteiger partial charge in [0.25, 0.3) is 0 Å². The summed E-state index contributed by atoms with van der Waals surface area (Å²) in [6.07, 6.45) is 0. The number of rotatable bonds is 5. The third kappa shape index (κ3) is 3.23. The van der Waals surface area contributed by atoms with Crippen molar-refractivity contribution < 1.29 is 13.9 Å². The molecule has 5 heteroatoms. The van der Waals surface area contributed by atoms with Crippen LogP contribution < -0.4 is 15.4 Å². The smallest absolute Gasteiger partial charge is 0.227 e. The second-order valence-electron chi connectivity index (χ2n) is 4.77. The number of hydrogen-bond acceptors (Lipinski definition) is 3. The van der Waals surface area contributed by atoms with Crippen LogP contribution in [0.4, 0.5) is 10.1 Å². The third-order valence-corrected chi connectivity index (χ3v) is 3.43. The maximum Gasteiger partial charge on any atom is 0.227 e. The first kappa shape index (κ1) is 13.8. The van der Waals surface area contributed by atoms with Crippen molar-refractivity contribution in [1.29, 1.82) is 0 Å². The van der Waals surface area contributed by atoms with Gasteiger partial charge in [0.1, 0.15) is 0 Å². The summed E-state index contributed by atoms with van der Waals surface area (Å²) in [6.45, 7) is 5.84. The molecule has 1 aliphatic heterocycles. The zero-order valence-corrected chi connectivity index (χ0v) is 11.2. The molecule has 2 rings (SSSR count). The quantitative estimate of drug-likeness (QED) is 0.857. The van der Waals surface area contributed by atoms with E-state index >= 15 is 0 Å². The molecule has 0 bridgehead atoms. The van der Waals surface area contributed by atoms with Gasteiger partial charge in [-0.1, -0.05) is 6.92 Å². The van der Waals surface area contributed by atoms with Gasteiger partial charge < -0.3 is 15.4 Å². The Bertz CT molecular complexity index is 461. The summed E-state index contributed by atoms with van der Waals surface area (Å²) in [6, 6.07) is 4.47. The molecular weight excluding hydrogens is 247 g/mol. The Hall–Kier alpha value is -1.62. The Labute approximate surface area is 112 Å². The van der Waals surface area contributed by atoms with E-state index in [1.807, 2.05) is 6.92 Å². The maximum absolute atomic E-state index is 13.6. The molecule has 1 heterocycles. The standard InChI is InChI=1S/C14H19FN2O2/c1-3-19-13-5-4-11(6-12(13)15)17-14(18)9(2)10-7-16-8-10/h4-6,9-10,16H,3,7-8H2,1-2H3,(H,17,18). The number of amides is 1. The molecule has 1 aromatic rings. The Morgan fingerprint density at radius 2 is 2.32 bits per heavy atom. The number of halogens is 1. The fourth-order valence-electron chi connectivity index (χ4n) is 1.99. The molecule has 1 aliphatic rings. The molecule has 1 atom stereocenters. The summed E-state index contributed by atoms with van der Waals surface area (Å²) in [5, 5.41) is 5.87. The Morgan fingerprint density at radius 3 is 2.84 bits per heavy atom. The average molecular weight is 266 g/mol. The highest BCUT2D eigenvalue weighted by atomic mass is 19.1. The number of carbonyl (C=O) groups excluding carboxylic acids is 1. The van der Waals surface area contributed by atoms with E-state index in [2.05, 4.69) is 10.6 Å². The number of benzene rings is 1. The van der Waals surface area contributed by atoms with Crippen molar-refractivity contribution in [1.82, 2.24) is 5.32 Å². The molecule has 1 unspecified atom stereocenters. The minimum absolute atomic E-state index is 0.0733. The fourth-order valence-corrected chi connectivity index (χ4v) is 1.99. The van der Waals surface area contributed by atoms with Crippen molar-refractivity contribution in [2.45, 2.75) is 13.8 Å². The predicted molar refractivity (Wildman–Crippen MR) is 71.7 cm³/mol. The molecule has 0 aliphatic carbocycles. The van der Waals surface area contributed by atoms with Gasteiger partial charge in [0.15, 0.2) is 11.6 Å². The molecule has 19 heavy (non-hydrogen) atoms. The summed E-state index contributed by atoms with van der Waals surface area (Å²) in [5.41, 5.74) is 0.463. The minimum Gasteiger partial charge on any atom is -0.491 e. The monoisotopic (exact) mass is 266 g/mol. The van der Waals surface area contributed by atoms with E-state index in [1.54, 1.807) is 13.0 Å². The van der Waals surface area contributed by atoms with Crippen molar-refractivity contribution in [2.24, 2.45) is 11.8 Å². The summed E-state index contributed by atoms with van der Waals surface area (Å²) < 4.78 is 18.8. The van der Waals surface area contributed by atoms with Gasteiger partial charge in [-0.15, -0.1) is 0 Å². The number of hydrogen-bond donors (Lipinski definition) is 2. The molecule has 1 fully saturated rings. The number of carbonyl (C=O) groups is 1. The maximum atomic E-state index is 13.6. The average Bonchev–Trinajstić information content (AvgIpc) is 2.30. The largest absolute Gasteiger partial charge is 0.491 e. The van der Waals surface area contributed by atoms with E-state index in [-0.39, 0.29) is 17.6 Å². The summed E-state index contributed by atoms with van der Waals surface area (Å²) in [5.74, 6) is -0.0344. The van der Waals surface area contributed by atoms with Crippen LogP contribution in [0.15, 0.2) is 18.2 Å². The SMILES string of the molecule is CCOc1ccc(NC(=O)C(C)C2CNC2)cc1F. The highest BCUT2D eigenvalue weighted by Gasteiger charge is 2.28. The first-order valence-corrected chi connectivity index (χ1v) is 6.55. The van der Waals surface area contributed by atoms with Crippen molar-refractivity contribution in [3.8, 4) is 5.75 Å². The van der Waals surface area contributed by atoms with Crippen LogP contribution in [0.3, 0.4) is 0 Å². The number of nitrogens with one attached hydrogen (secondary N) is 2. The van der Waals surface area contributed by atoms with Crippen molar-refractivity contribution in [3.05, 3.63) is 24.0 Å².